The van der Waals surface area contributed by atoms with Crippen LogP contribution in [0.25, 0.3) is 6.08 Å². The molecule has 0 radical (unpaired) electrons. The number of rotatable bonds is 6. The van der Waals surface area contributed by atoms with Gasteiger partial charge in [0.2, 0.25) is 0 Å². The first kappa shape index (κ1) is 23.5. The molecule has 2 saturated heterocycles. The topological polar surface area (TPSA) is 40.4 Å². The third-order valence-corrected chi connectivity index (χ3v) is 8.88. The molecule has 4 heterocycles. The molecule has 2 aromatic heterocycles. The van der Waals surface area contributed by atoms with E-state index in [2.05, 4.69) is 48.7 Å². The number of aromatic nitrogens is 3. The molecule has 0 N–H and O–H groups in total. The van der Waals surface area contributed by atoms with E-state index in [1.807, 2.05) is 54.1 Å². The summed E-state index contributed by atoms with van der Waals surface area (Å²) in [6.07, 6.45) is 10.2. The van der Waals surface area contributed by atoms with Crippen LogP contribution in [0.1, 0.15) is 37.1 Å². The van der Waals surface area contributed by atoms with Crippen LogP contribution in [-0.2, 0) is 0 Å². The number of nitrogens with zero attached hydrogens (tertiary/aromatic N) is 6. The minimum Gasteiger partial charge on any atom is -0.345 e. The van der Waals surface area contributed by atoms with E-state index < -0.39 is 0 Å². The number of hydrogen-bond donors (Lipinski definition) is 0. The van der Waals surface area contributed by atoms with Crippen LogP contribution in [0.5, 0.6) is 0 Å². The van der Waals surface area contributed by atoms with Crippen molar-refractivity contribution in [3.05, 3.63) is 65.6 Å². The van der Waals surface area contributed by atoms with Crippen LogP contribution in [0.4, 0.5) is 9.52 Å². The highest BCUT2D eigenvalue weighted by Crippen LogP contribution is 2.35. The average Bonchev–Trinajstić information content (AvgIpc) is 3.51. The minimum atomic E-state index is -0.206. The van der Waals surface area contributed by atoms with Gasteiger partial charge in [-0.3, -0.25) is 0 Å². The Balaban J connectivity index is 1.17. The van der Waals surface area contributed by atoms with Crippen molar-refractivity contribution in [1.29, 1.82) is 0 Å². The van der Waals surface area contributed by atoms with Gasteiger partial charge in [-0.1, -0.05) is 29.0 Å². The van der Waals surface area contributed by atoms with Gasteiger partial charge in [-0.05, 0) is 62.5 Å². The van der Waals surface area contributed by atoms with Crippen LogP contribution >= 0.6 is 23.3 Å². The lowest BCUT2D eigenvalue weighted by atomic mass is 10.0. The first-order chi connectivity index (χ1) is 16.5. The molecule has 0 bridgehead atoms. The van der Waals surface area contributed by atoms with E-state index in [1.165, 1.54) is 21.9 Å². The third-order valence-electron chi connectivity index (χ3n) is 6.65. The summed E-state index contributed by atoms with van der Waals surface area (Å²) >= 11 is 3.65. The van der Waals surface area contributed by atoms with Gasteiger partial charge in [-0.15, -0.1) is 0 Å². The molecule has 0 amide bonds. The maximum Gasteiger partial charge on any atom is 0.186 e. The monoisotopic (exact) mass is 498 g/mol. The van der Waals surface area contributed by atoms with Gasteiger partial charge in [0.15, 0.2) is 5.13 Å². The van der Waals surface area contributed by atoms with E-state index >= 15 is 0 Å². The number of likely N-dealkylation sites (N-methyl/N-ethyl adjacent to an activating group) is 1. The quantitative estimate of drug-likeness (QED) is 0.444. The van der Waals surface area contributed by atoms with Crippen LogP contribution in [0, 0.1) is 5.82 Å². The van der Waals surface area contributed by atoms with E-state index in [9.17, 15) is 4.39 Å². The van der Waals surface area contributed by atoms with Gasteiger partial charge in [0.05, 0.1) is 34.7 Å². The summed E-state index contributed by atoms with van der Waals surface area (Å²) < 4.78 is 19.2. The van der Waals surface area contributed by atoms with Gasteiger partial charge in [-0.25, -0.2) is 18.7 Å². The van der Waals surface area contributed by atoms with Gasteiger partial charge in [0.1, 0.15) is 5.82 Å². The van der Waals surface area contributed by atoms with Crippen LogP contribution in [-0.4, -0.2) is 70.1 Å². The molecule has 2 fully saturated rings. The second kappa shape index (κ2) is 10.6. The lowest BCUT2D eigenvalue weighted by molar-refractivity contribution is 0.313. The number of thiazole rings is 1. The summed E-state index contributed by atoms with van der Waals surface area (Å²) in [6, 6.07) is 6.84. The van der Waals surface area contributed by atoms with Crippen molar-refractivity contribution >= 4 is 34.5 Å². The van der Waals surface area contributed by atoms with E-state index in [0.717, 1.165) is 68.5 Å². The molecule has 34 heavy (non-hydrogen) atoms. The SMILES string of the molecule is CC(c1ccc(F)cc1)n1cncc1C=C1CCN(Sc2cnc(N3CCN(C)CC3)s2)CC1. The first-order valence-electron chi connectivity index (χ1n) is 11.8. The zero-order valence-electron chi connectivity index (χ0n) is 19.7. The normalized spacial score (nSPS) is 18.9. The summed E-state index contributed by atoms with van der Waals surface area (Å²) in [5.74, 6) is -0.206. The lowest BCUT2D eigenvalue weighted by Gasteiger charge is -2.32. The molecule has 2 aliphatic heterocycles. The van der Waals surface area contributed by atoms with Crippen molar-refractivity contribution in [2.45, 2.75) is 30.0 Å². The van der Waals surface area contributed by atoms with Crippen molar-refractivity contribution < 1.29 is 4.39 Å². The summed E-state index contributed by atoms with van der Waals surface area (Å²) in [5.41, 5.74) is 3.63. The van der Waals surface area contributed by atoms with Gasteiger partial charge < -0.3 is 14.4 Å². The van der Waals surface area contributed by atoms with Crippen molar-refractivity contribution in [2.75, 3.05) is 51.2 Å². The zero-order valence-corrected chi connectivity index (χ0v) is 21.4. The van der Waals surface area contributed by atoms with E-state index in [4.69, 9.17) is 0 Å². The fourth-order valence-electron chi connectivity index (χ4n) is 4.43. The molecule has 1 atom stereocenters. The molecule has 3 aromatic rings. The van der Waals surface area contributed by atoms with Gasteiger partial charge in [-0.2, -0.15) is 0 Å². The number of benzene rings is 1. The maximum atomic E-state index is 13.3. The summed E-state index contributed by atoms with van der Waals surface area (Å²) in [5, 5.41) is 1.15. The van der Waals surface area contributed by atoms with E-state index in [-0.39, 0.29) is 11.9 Å². The highest BCUT2D eigenvalue weighted by Gasteiger charge is 2.20. The molecule has 180 valence electrons. The average molecular weight is 499 g/mol. The predicted molar refractivity (Wildman–Crippen MR) is 139 cm³/mol. The Morgan fingerprint density at radius 1 is 1.03 bits per heavy atom. The Morgan fingerprint density at radius 3 is 2.50 bits per heavy atom. The summed E-state index contributed by atoms with van der Waals surface area (Å²) in [6.45, 7) is 8.50. The molecule has 2 aliphatic rings. The van der Waals surface area contributed by atoms with Gasteiger partial charge >= 0.3 is 0 Å². The third kappa shape index (κ3) is 5.54. The van der Waals surface area contributed by atoms with Gasteiger partial charge in [0.25, 0.3) is 0 Å². The molecule has 1 aromatic carbocycles. The highest BCUT2D eigenvalue weighted by molar-refractivity contribution is 7.99. The number of halogens is 1. The largest absolute Gasteiger partial charge is 0.345 e. The van der Waals surface area contributed by atoms with Crippen LogP contribution in [0.15, 0.2) is 52.8 Å². The number of hydrogen-bond acceptors (Lipinski definition) is 7. The molecule has 0 aliphatic carbocycles. The van der Waals surface area contributed by atoms with E-state index in [1.54, 1.807) is 0 Å². The van der Waals surface area contributed by atoms with E-state index in [0.29, 0.717) is 0 Å². The molecule has 6 nitrogen and oxygen atoms in total. The fraction of sp³-hybridized carbons (Fsp3) is 0.440. The number of anilines is 1. The van der Waals surface area contributed by atoms with Crippen molar-refractivity contribution in [1.82, 2.24) is 23.7 Å². The summed E-state index contributed by atoms with van der Waals surface area (Å²) in [4.78, 5) is 13.8. The Kier molecular flexibility index (Phi) is 7.34. The molecule has 5 rings (SSSR count). The first-order valence-corrected chi connectivity index (χ1v) is 13.4. The van der Waals surface area contributed by atoms with Crippen molar-refractivity contribution in [2.24, 2.45) is 0 Å². The molecular weight excluding hydrogens is 467 g/mol. The minimum absolute atomic E-state index is 0.103. The van der Waals surface area contributed by atoms with Crippen molar-refractivity contribution in [3.8, 4) is 0 Å². The highest BCUT2D eigenvalue weighted by atomic mass is 32.2. The smallest absolute Gasteiger partial charge is 0.186 e. The second-order valence-corrected chi connectivity index (χ2v) is 11.4. The van der Waals surface area contributed by atoms with Gasteiger partial charge in [0, 0.05) is 39.3 Å². The molecule has 9 heteroatoms. The van der Waals surface area contributed by atoms with Crippen LogP contribution in [0.2, 0.25) is 0 Å². The number of piperidine rings is 1. The van der Waals surface area contributed by atoms with Crippen LogP contribution < -0.4 is 4.90 Å². The molecule has 0 saturated carbocycles. The summed E-state index contributed by atoms with van der Waals surface area (Å²) in [7, 11) is 2.18. The number of piperazine rings is 1. The Hall–Kier alpha value is -2.20. The molecule has 1 unspecified atom stereocenters. The Morgan fingerprint density at radius 2 is 1.76 bits per heavy atom. The van der Waals surface area contributed by atoms with Crippen LogP contribution in [0.3, 0.4) is 0 Å². The number of imidazole rings is 1. The molecule has 0 spiro atoms. The van der Waals surface area contributed by atoms with Crippen molar-refractivity contribution in [3.63, 3.8) is 0 Å². The Bertz CT molecular complexity index is 1110. The molecular formula is C25H31FN6S2. The standard InChI is InChI=1S/C25H31FN6S2/c1-19(21-3-5-22(26)6-4-21)32-18-27-16-23(32)15-20-7-9-31(10-8-20)34-24-17-28-25(33-24)30-13-11-29(2)12-14-30/h3-6,15-19H,7-14H2,1-2H3. The fourth-order valence-corrected chi connectivity index (χ4v) is 6.55. The second-order valence-electron chi connectivity index (χ2n) is 9.03. The maximum absolute atomic E-state index is 13.3. The lowest BCUT2D eigenvalue weighted by Crippen LogP contribution is -2.44. The Labute approximate surface area is 209 Å². The zero-order chi connectivity index (χ0) is 23.5. The predicted octanol–water partition coefficient (Wildman–Crippen LogP) is 5.03.